The Bertz CT molecular complexity index is 644. The minimum atomic E-state index is -1.37. The second-order valence-electron chi connectivity index (χ2n) is 5.06. The molecule has 4 atom stereocenters. The number of halogens is 2. The van der Waals surface area contributed by atoms with Crippen molar-refractivity contribution in [2.24, 2.45) is 5.16 Å². The highest BCUT2D eigenvalue weighted by molar-refractivity contribution is 9.25. The number of nitrogens with one attached hydrogen (secondary N) is 1. The first-order chi connectivity index (χ1) is 11.7. The highest BCUT2D eigenvalue weighted by atomic mass is 79.9. The molecule has 0 aromatic carbocycles. The number of Topliss-reactive ketones (excluding diaryl/α,β-unsaturated/α-hetero) is 1. The number of carboxylic acids is 1. The first-order valence-electron chi connectivity index (χ1n) is 6.79. The van der Waals surface area contributed by atoms with E-state index in [2.05, 4.69) is 47.2 Å². The number of thioether (sulfide) groups is 1. The zero-order valence-electron chi connectivity index (χ0n) is 12.6. The summed E-state index contributed by atoms with van der Waals surface area (Å²) in [4.78, 5) is 53.1. The zero-order chi connectivity index (χ0) is 18.9. The first-order valence-corrected chi connectivity index (χ1v) is 9.67. The van der Waals surface area contributed by atoms with Gasteiger partial charge in [-0.2, -0.15) is 0 Å². The summed E-state index contributed by atoms with van der Waals surface area (Å²) in [5, 5.41) is 24.0. The number of carboxylic acid groups (broad SMARTS) is 1. The lowest BCUT2D eigenvalue weighted by Gasteiger charge is -2.53. The van der Waals surface area contributed by atoms with Gasteiger partial charge in [0.15, 0.2) is 6.04 Å². The Morgan fingerprint density at radius 2 is 2.08 bits per heavy atom. The van der Waals surface area contributed by atoms with E-state index in [9.17, 15) is 24.3 Å². The van der Waals surface area contributed by atoms with Gasteiger partial charge in [0.05, 0.1) is 6.10 Å². The van der Waals surface area contributed by atoms with Crippen LogP contribution in [0.15, 0.2) is 5.16 Å². The first kappa shape index (κ1) is 20.1. The third kappa shape index (κ3) is 3.83. The molecule has 10 nitrogen and oxygen atoms in total. The number of hydrogen-bond acceptors (Lipinski definition) is 8. The minimum Gasteiger partial charge on any atom is -0.480 e. The highest BCUT2D eigenvalue weighted by Gasteiger charge is 2.58. The van der Waals surface area contributed by atoms with Gasteiger partial charge in [-0.15, -0.1) is 11.8 Å². The molecule has 0 radical (unpaired) electrons. The summed E-state index contributed by atoms with van der Waals surface area (Å²) in [5.74, 6) is -3.52. The van der Waals surface area contributed by atoms with Gasteiger partial charge in [-0.05, 0) is 0 Å². The Hall–Kier alpha value is -1.18. The molecule has 25 heavy (non-hydrogen) atoms. The van der Waals surface area contributed by atoms with E-state index in [1.54, 1.807) is 0 Å². The van der Waals surface area contributed by atoms with E-state index in [4.69, 9.17) is 5.11 Å². The number of hydrogen-bond donors (Lipinski definition) is 3. The number of ketones is 1. The van der Waals surface area contributed by atoms with Gasteiger partial charge in [0, 0.05) is 5.75 Å². The van der Waals surface area contributed by atoms with Crippen molar-refractivity contribution in [3.8, 4) is 0 Å². The lowest BCUT2D eigenvalue weighted by molar-refractivity contribution is -0.167. The maximum atomic E-state index is 12.3. The van der Waals surface area contributed by atoms with Gasteiger partial charge < -0.3 is 25.3 Å². The quantitative estimate of drug-likeness (QED) is 0.136. The fraction of sp³-hybridized carbons (Fsp3) is 0.583. The third-order valence-corrected chi connectivity index (χ3v) is 5.76. The zero-order valence-corrected chi connectivity index (χ0v) is 16.6. The number of aliphatic carboxylic acids is 1. The molecule has 3 N–H and O–H groups in total. The predicted molar refractivity (Wildman–Crippen MR) is 93.5 cm³/mol. The van der Waals surface area contributed by atoms with E-state index in [-0.39, 0.29) is 5.75 Å². The van der Waals surface area contributed by atoms with Crippen molar-refractivity contribution in [1.82, 2.24) is 10.2 Å². The number of oxime groups is 1. The smallest absolute Gasteiger partial charge is 0.329 e. The normalized spacial score (nSPS) is 28.9. The van der Waals surface area contributed by atoms with Crippen LogP contribution < -0.4 is 5.32 Å². The van der Waals surface area contributed by atoms with Crippen LogP contribution in [0.4, 0.5) is 0 Å². The van der Waals surface area contributed by atoms with Crippen molar-refractivity contribution < 1.29 is 34.2 Å². The van der Waals surface area contributed by atoms with Crippen molar-refractivity contribution in [1.29, 1.82) is 0 Å². The summed E-state index contributed by atoms with van der Waals surface area (Å²) >= 11 is 7.04. The summed E-state index contributed by atoms with van der Waals surface area (Å²) in [5.41, 5.74) is -0.553. The van der Waals surface area contributed by atoms with Gasteiger partial charge in [-0.1, -0.05) is 37.0 Å². The molecule has 0 bridgehead atoms. The van der Waals surface area contributed by atoms with Crippen molar-refractivity contribution in [2.75, 3.05) is 12.9 Å². The fourth-order valence-electron chi connectivity index (χ4n) is 2.45. The monoisotopic (exact) mass is 501 g/mol. The molecule has 2 amide bonds. The Kier molecular flexibility index (Phi) is 6.45. The van der Waals surface area contributed by atoms with Gasteiger partial charge in [0.25, 0.3) is 5.91 Å². The maximum Gasteiger partial charge on any atom is 0.329 e. The molecule has 2 fully saturated rings. The fourth-order valence-corrected chi connectivity index (χ4v) is 4.23. The van der Waals surface area contributed by atoms with Gasteiger partial charge >= 0.3 is 5.97 Å². The van der Waals surface area contributed by atoms with E-state index in [0.717, 1.165) is 23.8 Å². The number of β-lactam (4-membered cyclic amide) rings is 1. The molecule has 3 unspecified atom stereocenters. The van der Waals surface area contributed by atoms with Crippen molar-refractivity contribution >= 4 is 72.9 Å². The van der Waals surface area contributed by atoms with Crippen LogP contribution in [0.2, 0.25) is 0 Å². The molecule has 13 heteroatoms. The highest BCUT2D eigenvalue weighted by Crippen LogP contribution is 2.38. The summed E-state index contributed by atoms with van der Waals surface area (Å²) in [7, 11) is 1.16. The Morgan fingerprint density at radius 1 is 1.44 bits per heavy atom. The van der Waals surface area contributed by atoms with Crippen LogP contribution in [0, 0.1) is 0 Å². The van der Waals surface area contributed by atoms with Gasteiger partial charge in [-0.3, -0.25) is 14.4 Å². The molecule has 0 spiro atoms. The number of aliphatic hydroxyl groups excluding tert-OH is 1. The van der Waals surface area contributed by atoms with E-state index in [0.29, 0.717) is 0 Å². The summed E-state index contributed by atoms with van der Waals surface area (Å²) in [6.45, 7) is 0. The molecular weight excluding hydrogens is 490 g/mol. The van der Waals surface area contributed by atoms with Crippen LogP contribution in [0.5, 0.6) is 0 Å². The van der Waals surface area contributed by atoms with E-state index < -0.39 is 56.6 Å². The number of nitrogens with zero attached hydrogens (tertiary/aromatic N) is 2. The molecule has 0 saturated carbocycles. The number of amides is 2. The van der Waals surface area contributed by atoms with Crippen molar-refractivity contribution in [2.45, 2.75) is 27.3 Å². The van der Waals surface area contributed by atoms with Crippen LogP contribution in [-0.4, -0.2) is 84.6 Å². The number of alkyl halides is 2. The summed E-state index contributed by atoms with van der Waals surface area (Å²) in [6, 6.07) is -2.39. The van der Waals surface area contributed by atoms with Crippen LogP contribution in [-0.2, 0) is 24.0 Å². The Labute approximate surface area is 162 Å². The summed E-state index contributed by atoms with van der Waals surface area (Å²) in [6.07, 6.45) is -1.20. The summed E-state index contributed by atoms with van der Waals surface area (Å²) < 4.78 is -0.871. The van der Waals surface area contributed by atoms with Crippen LogP contribution in [0.3, 0.4) is 0 Å². The number of rotatable bonds is 6. The number of aliphatic hydroxyl groups is 1. The standard InChI is InChI=1S/C12H13Br2N3O7S/c1-24-16-4(7(19)8(13)14)9(20)15-5-10(21)17-6(12(22)23)3(18)2-25-11(5)17/h3,5-6,8,11,18H,2H2,1H3,(H,15,20)(H,22,23)/t3?,5?,6?,11-/m0/s1. The molecule has 0 aromatic heterocycles. The topological polar surface area (TPSA) is 146 Å². The lowest BCUT2D eigenvalue weighted by Crippen LogP contribution is -2.77. The molecule has 2 aliphatic rings. The SMILES string of the molecule is CON=C(C(=O)NC1C(=O)N2C(C(=O)O)C(O)CS[C@@H]12)C(=O)C(Br)Br. The Morgan fingerprint density at radius 3 is 2.60 bits per heavy atom. The maximum absolute atomic E-state index is 12.3. The number of carbonyl (C=O) groups excluding carboxylic acids is 3. The average molecular weight is 503 g/mol. The number of fused-ring (bicyclic) bond motifs is 1. The second kappa shape index (κ2) is 8.01. The molecule has 2 saturated heterocycles. The molecule has 0 aromatic rings. The molecule has 2 heterocycles. The molecule has 138 valence electrons. The Balaban J connectivity index is 2.13. The lowest BCUT2D eigenvalue weighted by atomic mass is 9.99. The van der Waals surface area contributed by atoms with Crippen LogP contribution >= 0.6 is 43.6 Å². The number of carbonyl (C=O) groups is 4. The second-order valence-corrected chi connectivity index (χ2v) is 9.27. The van der Waals surface area contributed by atoms with Crippen molar-refractivity contribution in [3.05, 3.63) is 0 Å². The van der Waals surface area contributed by atoms with Gasteiger partial charge in [-0.25, -0.2) is 4.79 Å². The largest absolute Gasteiger partial charge is 0.480 e. The van der Waals surface area contributed by atoms with Gasteiger partial charge in [0.1, 0.15) is 22.3 Å². The van der Waals surface area contributed by atoms with E-state index in [1.807, 2.05) is 0 Å². The molecule has 0 aliphatic carbocycles. The van der Waals surface area contributed by atoms with Crippen molar-refractivity contribution in [3.63, 3.8) is 0 Å². The third-order valence-electron chi connectivity index (χ3n) is 3.55. The van der Waals surface area contributed by atoms with Gasteiger partial charge in [0.2, 0.25) is 17.4 Å². The molecule has 2 rings (SSSR count). The van der Waals surface area contributed by atoms with E-state index in [1.165, 1.54) is 0 Å². The molecular formula is C12H13Br2N3O7S. The minimum absolute atomic E-state index is 0.0978. The average Bonchev–Trinajstić information content (AvgIpc) is 2.55. The van der Waals surface area contributed by atoms with E-state index >= 15 is 0 Å². The molecule has 2 aliphatic heterocycles. The predicted octanol–water partition coefficient (Wildman–Crippen LogP) is -1.11. The van der Waals surface area contributed by atoms with Crippen LogP contribution in [0.25, 0.3) is 0 Å². The van der Waals surface area contributed by atoms with Crippen LogP contribution in [0.1, 0.15) is 0 Å².